The molecule has 17 heavy (non-hydrogen) atoms. The second kappa shape index (κ2) is 4.86. The van der Waals surface area contributed by atoms with Crippen LogP contribution >= 0.6 is 11.6 Å². The van der Waals surface area contributed by atoms with Crippen molar-refractivity contribution in [2.45, 2.75) is 36.7 Å². The maximum atomic E-state index is 12.1. The van der Waals surface area contributed by atoms with Crippen molar-refractivity contribution >= 4 is 27.1 Å². The van der Waals surface area contributed by atoms with Gasteiger partial charge in [0.05, 0.1) is 21.7 Å². The quantitative estimate of drug-likeness (QED) is 0.862. The minimum Gasteiger partial charge on any atom is -0.398 e. The number of hydrogen-bond donors (Lipinski definition) is 1. The Morgan fingerprint density at radius 1 is 1.29 bits per heavy atom. The summed E-state index contributed by atoms with van der Waals surface area (Å²) in [5, 5.41) is 0.298. The molecule has 0 bridgehead atoms. The molecule has 5 heteroatoms. The van der Waals surface area contributed by atoms with Crippen molar-refractivity contribution in [1.29, 1.82) is 0 Å². The molecule has 2 rings (SSSR count). The van der Waals surface area contributed by atoms with Gasteiger partial charge in [-0.2, -0.15) is 0 Å². The van der Waals surface area contributed by atoms with Crippen molar-refractivity contribution in [2.75, 3.05) is 5.73 Å². The molecule has 1 aliphatic carbocycles. The molecule has 0 aliphatic heterocycles. The molecule has 0 heterocycles. The lowest BCUT2D eigenvalue weighted by atomic mass is 10.2. The normalized spacial score (nSPS) is 17.5. The molecule has 0 unspecified atom stereocenters. The summed E-state index contributed by atoms with van der Waals surface area (Å²) >= 11 is 5.80. The van der Waals surface area contributed by atoms with E-state index in [9.17, 15) is 8.42 Å². The van der Waals surface area contributed by atoms with Gasteiger partial charge in [-0.25, -0.2) is 8.42 Å². The van der Waals surface area contributed by atoms with E-state index in [0.717, 1.165) is 31.2 Å². The van der Waals surface area contributed by atoms with Crippen molar-refractivity contribution < 1.29 is 8.42 Å². The highest BCUT2D eigenvalue weighted by atomic mass is 35.5. The van der Waals surface area contributed by atoms with E-state index in [4.69, 9.17) is 17.3 Å². The lowest BCUT2D eigenvalue weighted by molar-refractivity contribution is 0.579. The first-order chi connectivity index (χ1) is 7.99. The summed E-state index contributed by atoms with van der Waals surface area (Å²) < 4.78 is 24.2. The molecule has 94 valence electrons. The van der Waals surface area contributed by atoms with Crippen molar-refractivity contribution in [1.82, 2.24) is 0 Å². The number of sulfone groups is 1. The van der Waals surface area contributed by atoms with Crippen molar-refractivity contribution in [3.05, 3.63) is 28.8 Å². The average Bonchev–Trinajstić information content (AvgIpc) is 2.77. The predicted octanol–water partition coefficient (Wildman–Crippen LogP) is 2.78. The van der Waals surface area contributed by atoms with Gasteiger partial charge in [0.25, 0.3) is 0 Å². The Hall–Kier alpha value is -0.740. The molecule has 1 fully saturated rings. The predicted molar refractivity (Wildman–Crippen MR) is 70.7 cm³/mol. The van der Waals surface area contributed by atoms with Crippen LogP contribution in [0.4, 0.5) is 5.69 Å². The molecule has 1 aromatic rings. The number of anilines is 1. The van der Waals surface area contributed by atoms with Gasteiger partial charge in [0, 0.05) is 0 Å². The Bertz CT molecular complexity index is 507. The fraction of sp³-hybridized carbons (Fsp3) is 0.500. The van der Waals surface area contributed by atoms with E-state index < -0.39 is 9.84 Å². The minimum absolute atomic E-state index is 0.0685. The van der Waals surface area contributed by atoms with E-state index in [1.807, 2.05) is 0 Å². The minimum atomic E-state index is -3.04. The van der Waals surface area contributed by atoms with Gasteiger partial charge >= 0.3 is 0 Å². The zero-order chi connectivity index (χ0) is 12.5. The summed E-state index contributed by atoms with van der Waals surface area (Å²) in [5.41, 5.74) is 6.82. The number of benzene rings is 1. The van der Waals surface area contributed by atoms with Gasteiger partial charge < -0.3 is 5.73 Å². The lowest BCUT2D eigenvalue weighted by Gasteiger charge is -2.11. The van der Waals surface area contributed by atoms with Crippen LogP contribution in [0.1, 0.15) is 31.2 Å². The summed E-state index contributed by atoms with van der Waals surface area (Å²) in [5.74, 6) is 0.0685. The maximum Gasteiger partial charge on any atom is 0.157 e. The van der Waals surface area contributed by atoms with Crippen LogP contribution in [0.5, 0.6) is 0 Å². The third kappa shape index (κ3) is 2.93. The molecular weight excluding hydrogens is 258 g/mol. The van der Waals surface area contributed by atoms with E-state index in [-0.39, 0.29) is 11.0 Å². The molecule has 0 amide bonds. The molecule has 0 atom stereocenters. The standard InChI is InChI=1S/C12H16ClNO2S/c13-11-6-5-9(7-12(11)14)8-17(15,16)10-3-1-2-4-10/h5-7,10H,1-4,8,14H2. The van der Waals surface area contributed by atoms with Crippen LogP contribution in [0.2, 0.25) is 5.02 Å². The Kier molecular flexibility index (Phi) is 3.64. The smallest absolute Gasteiger partial charge is 0.157 e. The maximum absolute atomic E-state index is 12.1. The highest BCUT2D eigenvalue weighted by molar-refractivity contribution is 7.91. The second-order valence-corrected chi connectivity index (χ2v) is 7.26. The molecule has 0 aromatic heterocycles. The molecule has 2 N–H and O–H groups in total. The summed E-state index contributed by atoms with van der Waals surface area (Å²) in [7, 11) is -3.04. The summed E-state index contributed by atoms with van der Waals surface area (Å²) in [6.07, 6.45) is 3.64. The van der Waals surface area contributed by atoms with Gasteiger partial charge in [-0.3, -0.25) is 0 Å². The third-order valence-corrected chi connectivity index (χ3v) is 5.81. The Labute approximate surface area is 107 Å². The van der Waals surface area contributed by atoms with Crippen molar-refractivity contribution in [3.63, 3.8) is 0 Å². The fourth-order valence-corrected chi connectivity index (χ4v) is 4.33. The highest BCUT2D eigenvalue weighted by Gasteiger charge is 2.28. The van der Waals surface area contributed by atoms with Gasteiger partial charge in [0.1, 0.15) is 0 Å². The lowest BCUT2D eigenvalue weighted by Crippen LogP contribution is -2.19. The summed E-state index contributed by atoms with van der Waals surface area (Å²) in [6, 6.07) is 5.02. The number of halogens is 1. The van der Waals surface area contributed by atoms with Crippen molar-refractivity contribution in [3.8, 4) is 0 Å². The number of nitrogens with two attached hydrogens (primary N) is 1. The van der Waals surface area contributed by atoms with Gasteiger partial charge in [-0.1, -0.05) is 30.5 Å². The number of hydrogen-bond acceptors (Lipinski definition) is 3. The van der Waals surface area contributed by atoms with E-state index in [1.165, 1.54) is 0 Å². The average molecular weight is 274 g/mol. The number of rotatable bonds is 3. The molecule has 3 nitrogen and oxygen atoms in total. The Morgan fingerprint density at radius 2 is 1.94 bits per heavy atom. The monoisotopic (exact) mass is 273 g/mol. The topological polar surface area (TPSA) is 60.2 Å². The molecule has 1 aromatic carbocycles. The van der Waals surface area contributed by atoms with Crippen LogP contribution < -0.4 is 5.73 Å². The molecule has 0 saturated heterocycles. The molecule has 1 saturated carbocycles. The van der Waals surface area contributed by atoms with Gasteiger partial charge in [-0.15, -0.1) is 0 Å². The first-order valence-electron chi connectivity index (χ1n) is 5.74. The SMILES string of the molecule is Nc1cc(CS(=O)(=O)C2CCCC2)ccc1Cl. The van der Waals surface area contributed by atoms with Gasteiger partial charge in [0.2, 0.25) is 0 Å². The first-order valence-corrected chi connectivity index (χ1v) is 7.84. The molecule has 0 spiro atoms. The van der Waals surface area contributed by atoms with E-state index in [0.29, 0.717) is 10.7 Å². The summed E-state index contributed by atoms with van der Waals surface area (Å²) in [4.78, 5) is 0. The molecule has 0 radical (unpaired) electrons. The number of nitrogen functional groups attached to an aromatic ring is 1. The first kappa shape index (κ1) is 12.7. The second-order valence-electron chi connectivity index (χ2n) is 4.57. The van der Waals surface area contributed by atoms with Crippen LogP contribution in [0, 0.1) is 0 Å². The third-order valence-electron chi connectivity index (χ3n) is 3.24. The van der Waals surface area contributed by atoms with Gasteiger partial charge in [0.15, 0.2) is 9.84 Å². The van der Waals surface area contributed by atoms with E-state index in [1.54, 1.807) is 18.2 Å². The van der Waals surface area contributed by atoms with Crippen LogP contribution in [0.3, 0.4) is 0 Å². The molecule has 1 aliphatic rings. The highest BCUT2D eigenvalue weighted by Crippen LogP contribution is 2.28. The van der Waals surface area contributed by atoms with E-state index >= 15 is 0 Å². The largest absolute Gasteiger partial charge is 0.398 e. The van der Waals surface area contributed by atoms with Crippen molar-refractivity contribution in [2.24, 2.45) is 0 Å². The van der Waals surface area contributed by atoms with Crippen LogP contribution in [-0.2, 0) is 15.6 Å². The Morgan fingerprint density at radius 3 is 2.53 bits per heavy atom. The fourth-order valence-electron chi connectivity index (χ4n) is 2.28. The summed E-state index contributed by atoms with van der Waals surface area (Å²) in [6.45, 7) is 0. The van der Waals surface area contributed by atoms with Crippen LogP contribution in [-0.4, -0.2) is 13.7 Å². The van der Waals surface area contributed by atoms with Crippen LogP contribution in [0.25, 0.3) is 0 Å². The zero-order valence-electron chi connectivity index (χ0n) is 9.52. The molecular formula is C12H16ClNO2S. The van der Waals surface area contributed by atoms with E-state index in [2.05, 4.69) is 0 Å². The van der Waals surface area contributed by atoms with Crippen LogP contribution in [0.15, 0.2) is 18.2 Å². The zero-order valence-corrected chi connectivity index (χ0v) is 11.1. The Balaban J connectivity index is 2.17. The van der Waals surface area contributed by atoms with Gasteiger partial charge in [-0.05, 0) is 30.5 Å².